The van der Waals surface area contributed by atoms with E-state index in [0.717, 1.165) is 32.1 Å². The van der Waals surface area contributed by atoms with Crippen molar-refractivity contribution in [1.82, 2.24) is 4.90 Å². The van der Waals surface area contributed by atoms with Gasteiger partial charge in [0.2, 0.25) is 5.91 Å². The van der Waals surface area contributed by atoms with Crippen LogP contribution >= 0.6 is 0 Å². The number of aryl methyl sites for hydroxylation is 1. The van der Waals surface area contributed by atoms with Crippen LogP contribution in [0.15, 0.2) is 24.3 Å². The molecule has 1 aliphatic carbocycles. The number of carboxylic acid groups (broad SMARTS) is 1. The third-order valence-corrected chi connectivity index (χ3v) is 4.77. The van der Waals surface area contributed by atoms with Gasteiger partial charge in [-0.2, -0.15) is 0 Å². The molecular weight excluding hydrogens is 266 g/mol. The van der Waals surface area contributed by atoms with E-state index in [1.165, 1.54) is 11.1 Å². The molecule has 1 saturated heterocycles. The lowest BCUT2D eigenvalue weighted by atomic mass is 9.82. The van der Waals surface area contributed by atoms with E-state index < -0.39 is 12.0 Å². The first-order valence-corrected chi connectivity index (χ1v) is 7.77. The van der Waals surface area contributed by atoms with Gasteiger partial charge >= 0.3 is 5.97 Å². The largest absolute Gasteiger partial charge is 0.480 e. The first kappa shape index (κ1) is 14.1. The van der Waals surface area contributed by atoms with Crippen LogP contribution in [-0.4, -0.2) is 34.5 Å². The Labute approximate surface area is 124 Å². The Bertz CT molecular complexity index is 555. The second-order valence-corrected chi connectivity index (χ2v) is 6.09. The van der Waals surface area contributed by atoms with E-state index in [9.17, 15) is 14.7 Å². The Morgan fingerprint density at radius 1 is 1.10 bits per heavy atom. The van der Waals surface area contributed by atoms with Crippen molar-refractivity contribution >= 4 is 11.9 Å². The summed E-state index contributed by atoms with van der Waals surface area (Å²) in [5.41, 5.74) is 2.57. The summed E-state index contributed by atoms with van der Waals surface area (Å²) in [7, 11) is 0. The Kier molecular flexibility index (Phi) is 3.95. The number of piperidine rings is 1. The van der Waals surface area contributed by atoms with Crippen LogP contribution in [0, 0.1) is 5.92 Å². The van der Waals surface area contributed by atoms with Gasteiger partial charge in [-0.3, -0.25) is 4.79 Å². The number of fused-ring (bicyclic) bond motifs is 1. The molecule has 0 spiro atoms. The van der Waals surface area contributed by atoms with Crippen LogP contribution in [0.3, 0.4) is 0 Å². The van der Waals surface area contributed by atoms with E-state index in [4.69, 9.17) is 0 Å². The Morgan fingerprint density at radius 3 is 2.62 bits per heavy atom. The highest BCUT2D eigenvalue weighted by molar-refractivity contribution is 5.85. The third kappa shape index (κ3) is 2.80. The van der Waals surface area contributed by atoms with E-state index in [2.05, 4.69) is 12.1 Å². The molecule has 112 valence electrons. The van der Waals surface area contributed by atoms with Crippen molar-refractivity contribution in [2.45, 2.75) is 44.6 Å². The van der Waals surface area contributed by atoms with Crippen LogP contribution in [0.2, 0.25) is 0 Å². The monoisotopic (exact) mass is 287 g/mol. The number of hydrogen-bond donors (Lipinski definition) is 1. The van der Waals surface area contributed by atoms with E-state index in [-0.39, 0.29) is 11.8 Å². The normalized spacial score (nSPS) is 25.2. The van der Waals surface area contributed by atoms with Crippen LogP contribution < -0.4 is 0 Å². The molecule has 0 saturated carbocycles. The second kappa shape index (κ2) is 5.88. The zero-order valence-corrected chi connectivity index (χ0v) is 12.1. The predicted molar refractivity (Wildman–Crippen MR) is 78.9 cm³/mol. The third-order valence-electron chi connectivity index (χ3n) is 4.77. The molecular formula is C17H21NO3. The van der Waals surface area contributed by atoms with Gasteiger partial charge < -0.3 is 10.0 Å². The number of amides is 1. The van der Waals surface area contributed by atoms with Crippen LogP contribution in [-0.2, 0) is 22.4 Å². The molecule has 4 heteroatoms. The molecule has 1 aromatic rings. The first-order valence-electron chi connectivity index (χ1n) is 7.77. The van der Waals surface area contributed by atoms with Crippen LogP contribution in [0.25, 0.3) is 0 Å². The highest BCUT2D eigenvalue weighted by atomic mass is 16.4. The minimum atomic E-state index is -0.862. The van der Waals surface area contributed by atoms with E-state index in [0.29, 0.717) is 13.0 Å². The number of likely N-dealkylation sites (tertiary alicyclic amines) is 1. The summed E-state index contributed by atoms with van der Waals surface area (Å²) < 4.78 is 0. The highest BCUT2D eigenvalue weighted by Crippen LogP contribution is 2.29. The van der Waals surface area contributed by atoms with Crippen molar-refractivity contribution in [3.8, 4) is 0 Å². The molecule has 0 radical (unpaired) electrons. The molecule has 2 atom stereocenters. The fraction of sp³-hybridized carbons (Fsp3) is 0.529. The maximum absolute atomic E-state index is 12.7. The molecule has 4 nitrogen and oxygen atoms in total. The molecule has 0 bridgehead atoms. The standard InChI is InChI=1S/C17H21NO3/c19-16(18-10-4-3-7-15(18)17(20)21)14-9-8-12-5-1-2-6-13(12)11-14/h1-2,5-6,14-15H,3-4,7-11H2,(H,20,21)/t14?,15-/m0/s1. The van der Waals surface area contributed by atoms with Gasteiger partial charge in [-0.05, 0) is 49.7 Å². The average Bonchev–Trinajstić information content (AvgIpc) is 2.53. The molecule has 1 heterocycles. The molecule has 21 heavy (non-hydrogen) atoms. The zero-order valence-electron chi connectivity index (χ0n) is 12.1. The molecule has 2 aliphatic rings. The first-order chi connectivity index (χ1) is 10.2. The van der Waals surface area contributed by atoms with Gasteiger partial charge in [0.05, 0.1) is 0 Å². The summed E-state index contributed by atoms with van der Waals surface area (Å²) in [5.74, 6) is -0.879. The average molecular weight is 287 g/mol. The van der Waals surface area contributed by atoms with Gasteiger partial charge in [-0.1, -0.05) is 24.3 Å². The van der Waals surface area contributed by atoms with Gasteiger partial charge in [0.15, 0.2) is 0 Å². The molecule has 0 aromatic heterocycles. The van der Waals surface area contributed by atoms with Gasteiger partial charge in [0.25, 0.3) is 0 Å². The van der Waals surface area contributed by atoms with Crippen molar-refractivity contribution in [1.29, 1.82) is 0 Å². The maximum atomic E-state index is 12.7. The molecule has 1 amide bonds. The quantitative estimate of drug-likeness (QED) is 0.907. The van der Waals surface area contributed by atoms with E-state index >= 15 is 0 Å². The van der Waals surface area contributed by atoms with Gasteiger partial charge in [-0.25, -0.2) is 4.79 Å². The molecule has 1 aliphatic heterocycles. The zero-order chi connectivity index (χ0) is 14.8. The summed E-state index contributed by atoms with van der Waals surface area (Å²) in [5, 5.41) is 9.32. The molecule has 1 N–H and O–H groups in total. The lowest BCUT2D eigenvalue weighted by molar-refractivity contribution is -0.154. The summed E-state index contributed by atoms with van der Waals surface area (Å²) in [4.78, 5) is 25.7. The number of carbonyl (C=O) groups excluding carboxylic acids is 1. The second-order valence-electron chi connectivity index (χ2n) is 6.09. The summed E-state index contributed by atoms with van der Waals surface area (Å²) >= 11 is 0. The van der Waals surface area contributed by atoms with Crippen molar-refractivity contribution in [3.63, 3.8) is 0 Å². The fourth-order valence-electron chi connectivity index (χ4n) is 3.60. The molecule has 3 rings (SSSR count). The minimum absolute atomic E-state index is 0.0385. The fourth-order valence-corrected chi connectivity index (χ4v) is 3.60. The Morgan fingerprint density at radius 2 is 1.86 bits per heavy atom. The van der Waals surface area contributed by atoms with Crippen molar-refractivity contribution < 1.29 is 14.7 Å². The number of rotatable bonds is 2. The summed E-state index contributed by atoms with van der Waals surface area (Å²) in [6.45, 7) is 0.591. The van der Waals surface area contributed by atoms with Gasteiger partial charge in [0, 0.05) is 12.5 Å². The van der Waals surface area contributed by atoms with Crippen molar-refractivity contribution in [3.05, 3.63) is 35.4 Å². The number of carboxylic acids is 1. The number of hydrogen-bond acceptors (Lipinski definition) is 2. The number of benzene rings is 1. The van der Waals surface area contributed by atoms with E-state index in [1.807, 2.05) is 12.1 Å². The van der Waals surface area contributed by atoms with Gasteiger partial charge in [-0.15, -0.1) is 0 Å². The SMILES string of the molecule is O=C(O)[C@@H]1CCCCN1C(=O)C1CCc2ccccc2C1. The van der Waals surface area contributed by atoms with E-state index in [1.54, 1.807) is 4.90 Å². The highest BCUT2D eigenvalue weighted by Gasteiger charge is 2.36. The van der Waals surface area contributed by atoms with Crippen LogP contribution in [0.5, 0.6) is 0 Å². The predicted octanol–water partition coefficient (Wildman–Crippen LogP) is 2.26. The number of aliphatic carboxylic acids is 1. The lowest BCUT2D eigenvalue weighted by Crippen LogP contribution is -2.50. The number of nitrogens with zero attached hydrogens (tertiary/aromatic N) is 1. The van der Waals surface area contributed by atoms with Crippen molar-refractivity contribution in [2.24, 2.45) is 5.92 Å². The minimum Gasteiger partial charge on any atom is -0.480 e. The lowest BCUT2D eigenvalue weighted by Gasteiger charge is -2.36. The Balaban J connectivity index is 1.75. The van der Waals surface area contributed by atoms with Crippen molar-refractivity contribution in [2.75, 3.05) is 6.54 Å². The van der Waals surface area contributed by atoms with Gasteiger partial charge in [0.1, 0.15) is 6.04 Å². The van der Waals surface area contributed by atoms with Crippen LogP contribution in [0.1, 0.15) is 36.8 Å². The summed E-state index contributed by atoms with van der Waals surface area (Å²) in [6.07, 6.45) is 4.89. The maximum Gasteiger partial charge on any atom is 0.326 e. The number of carbonyl (C=O) groups is 2. The van der Waals surface area contributed by atoms with Crippen LogP contribution in [0.4, 0.5) is 0 Å². The Hall–Kier alpha value is -1.84. The summed E-state index contributed by atoms with van der Waals surface area (Å²) in [6, 6.07) is 7.62. The molecule has 1 aromatic carbocycles. The topological polar surface area (TPSA) is 57.6 Å². The smallest absolute Gasteiger partial charge is 0.326 e. The molecule has 1 unspecified atom stereocenters. The molecule has 1 fully saturated rings.